The summed E-state index contributed by atoms with van der Waals surface area (Å²) in [5.41, 5.74) is 0.805. The van der Waals surface area contributed by atoms with Gasteiger partial charge < -0.3 is 4.90 Å². The second-order valence-corrected chi connectivity index (χ2v) is 8.28. The molecule has 1 aromatic carbocycles. The number of benzene rings is 1. The topological polar surface area (TPSA) is 84.2 Å². The largest absolute Gasteiger partial charge is 0.354 e. The minimum absolute atomic E-state index is 0.0325. The van der Waals surface area contributed by atoms with Gasteiger partial charge in [-0.15, -0.1) is 0 Å². The van der Waals surface area contributed by atoms with Gasteiger partial charge in [0.05, 0.1) is 5.75 Å². The molecule has 27 heavy (non-hydrogen) atoms. The van der Waals surface area contributed by atoms with Gasteiger partial charge in [-0.05, 0) is 11.6 Å². The third kappa shape index (κ3) is 3.99. The van der Waals surface area contributed by atoms with Crippen LogP contribution in [0.2, 0.25) is 0 Å². The molecule has 1 aliphatic rings. The summed E-state index contributed by atoms with van der Waals surface area (Å²) in [5.74, 6) is 1.49. The lowest BCUT2D eigenvalue weighted by Gasteiger charge is -2.34. The Bertz CT molecular complexity index is 984. The Morgan fingerprint density at radius 2 is 1.67 bits per heavy atom. The number of rotatable bonds is 5. The predicted octanol–water partition coefficient (Wildman–Crippen LogP) is 1.31. The van der Waals surface area contributed by atoms with Crippen molar-refractivity contribution in [2.24, 2.45) is 0 Å². The molecule has 1 aliphatic heterocycles. The van der Waals surface area contributed by atoms with Gasteiger partial charge in [0.15, 0.2) is 5.82 Å². The smallest absolute Gasteiger partial charge is 0.218 e. The second kappa shape index (κ2) is 7.45. The van der Waals surface area contributed by atoms with Gasteiger partial charge >= 0.3 is 0 Å². The molecule has 0 radical (unpaired) electrons. The van der Waals surface area contributed by atoms with Gasteiger partial charge in [-0.1, -0.05) is 30.3 Å². The SMILES string of the molecule is O=S(=O)(Cc1ccccc1)N1CCN(c2cc(-n3cccn3)ncn2)CC1. The number of sulfonamides is 1. The molecule has 0 amide bonds. The lowest BCUT2D eigenvalue weighted by molar-refractivity contribution is 0.383. The first kappa shape index (κ1) is 17.6. The molecule has 0 bridgehead atoms. The van der Waals surface area contributed by atoms with Crippen molar-refractivity contribution < 1.29 is 8.42 Å². The van der Waals surface area contributed by atoms with Crippen LogP contribution in [0.1, 0.15) is 5.56 Å². The molecule has 1 saturated heterocycles. The highest BCUT2D eigenvalue weighted by molar-refractivity contribution is 7.88. The molecule has 9 heteroatoms. The Morgan fingerprint density at radius 1 is 0.926 bits per heavy atom. The lowest BCUT2D eigenvalue weighted by Crippen LogP contribution is -2.49. The second-order valence-electron chi connectivity index (χ2n) is 6.31. The van der Waals surface area contributed by atoms with Crippen LogP contribution in [0, 0.1) is 0 Å². The highest BCUT2D eigenvalue weighted by Crippen LogP contribution is 2.18. The molecule has 0 unspecified atom stereocenters. The van der Waals surface area contributed by atoms with Gasteiger partial charge in [0, 0.05) is 44.6 Å². The summed E-state index contributed by atoms with van der Waals surface area (Å²) in [4.78, 5) is 10.6. The minimum Gasteiger partial charge on any atom is -0.354 e. The highest BCUT2D eigenvalue weighted by atomic mass is 32.2. The van der Waals surface area contributed by atoms with Gasteiger partial charge in [-0.25, -0.2) is 23.1 Å². The fourth-order valence-electron chi connectivity index (χ4n) is 3.11. The number of anilines is 1. The van der Waals surface area contributed by atoms with Crippen LogP contribution in [-0.4, -0.2) is 58.7 Å². The average molecular weight is 384 g/mol. The van der Waals surface area contributed by atoms with Crippen molar-refractivity contribution in [2.45, 2.75) is 5.75 Å². The third-order valence-corrected chi connectivity index (χ3v) is 6.38. The lowest BCUT2D eigenvalue weighted by atomic mass is 10.2. The normalized spacial score (nSPS) is 15.8. The van der Waals surface area contributed by atoms with Crippen molar-refractivity contribution >= 4 is 15.8 Å². The van der Waals surface area contributed by atoms with Crippen LogP contribution >= 0.6 is 0 Å². The Balaban J connectivity index is 1.42. The van der Waals surface area contributed by atoms with Crippen LogP contribution in [0.25, 0.3) is 5.82 Å². The first-order valence-corrected chi connectivity index (χ1v) is 10.3. The van der Waals surface area contributed by atoms with E-state index < -0.39 is 10.0 Å². The standard InChI is InChI=1S/C18H20N6O2S/c25-27(26,14-16-5-2-1-3-6-16)23-11-9-22(10-12-23)17-13-18(20-15-19-17)24-8-4-7-21-24/h1-8,13,15H,9-12,14H2. The zero-order valence-corrected chi connectivity index (χ0v) is 15.5. The Hall–Kier alpha value is -2.78. The van der Waals surface area contributed by atoms with Crippen molar-refractivity contribution in [3.63, 3.8) is 0 Å². The van der Waals surface area contributed by atoms with E-state index in [0.29, 0.717) is 32.0 Å². The molecule has 3 aromatic rings. The third-order valence-electron chi connectivity index (χ3n) is 4.53. The first-order chi connectivity index (χ1) is 13.1. The average Bonchev–Trinajstić information content (AvgIpc) is 3.24. The van der Waals surface area contributed by atoms with Crippen LogP contribution in [0.4, 0.5) is 5.82 Å². The highest BCUT2D eigenvalue weighted by Gasteiger charge is 2.27. The Kier molecular flexibility index (Phi) is 4.87. The van der Waals surface area contributed by atoms with E-state index in [1.165, 1.54) is 6.33 Å². The van der Waals surface area contributed by atoms with Crippen molar-refractivity contribution in [3.8, 4) is 5.82 Å². The van der Waals surface area contributed by atoms with Gasteiger partial charge in [0.25, 0.3) is 0 Å². The fourth-order valence-corrected chi connectivity index (χ4v) is 4.63. The summed E-state index contributed by atoms with van der Waals surface area (Å²) >= 11 is 0. The molecular formula is C18H20N6O2S. The summed E-state index contributed by atoms with van der Waals surface area (Å²) in [5, 5.41) is 4.18. The molecular weight excluding hydrogens is 364 g/mol. The van der Waals surface area contributed by atoms with E-state index in [0.717, 1.165) is 11.4 Å². The Labute approximate surface area is 158 Å². The van der Waals surface area contributed by atoms with Crippen LogP contribution in [0.5, 0.6) is 0 Å². The summed E-state index contributed by atoms with van der Waals surface area (Å²) in [6.07, 6.45) is 5.02. The molecule has 4 rings (SSSR count). The molecule has 0 saturated carbocycles. The molecule has 3 heterocycles. The van der Waals surface area contributed by atoms with Crippen molar-refractivity contribution in [1.82, 2.24) is 24.1 Å². The van der Waals surface area contributed by atoms with E-state index in [1.807, 2.05) is 48.7 Å². The number of piperazine rings is 1. The molecule has 2 aromatic heterocycles. The zero-order valence-electron chi connectivity index (χ0n) is 14.7. The van der Waals surface area contributed by atoms with Crippen LogP contribution in [0.3, 0.4) is 0 Å². The number of nitrogens with zero attached hydrogens (tertiary/aromatic N) is 6. The molecule has 1 fully saturated rings. The van der Waals surface area contributed by atoms with Crippen LogP contribution < -0.4 is 4.90 Å². The van der Waals surface area contributed by atoms with E-state index in [2.05, 4.69) is 20.0 Å². The summed E-state index contributed by atoms with van der Waals surface area (Å²) in [6, 6.07) is 13.0. The fraction of sp³-hybridized carbons (Fsp3) is 0.278. The quantitative estimate of drug-likeness (QED) is 0.660. The predicted molar refractivity (Wildman–Crippen MR) is 102 cm³/mol. The van der Waals surface area contributed by atoms with Crippen molar-refractivity contribution in [2.75, 3.05) is 31.1 Å². The molecule has 8 nitrogen and oxygen atoms in total. The van der Waals surface area contributed by atoms with Gasteiger partial charge in [-0.3, -0.25) is 0 Å². The van der Waals surface area contributed by atoms with Crippen molar-refractivity contribution in [1.29, 1.82) is 0 Å². The summed E-state index contributed by atoms with van der Waals surface area (Å²) in [7, 11) is -3.33. The molecule has 0 spiro atoms. The minimum atomic E-state index is -3.33. The number of aromatic nitrogens is 4. The van der Waals surface area contributed by atoms with E-state index >= 15 is 0 Å². The maximum absolute atomic E-state index is 12.7. The van der Waals surface area contributed by atoms with E-state index in [-0.39, 0.29) is 5.75 Å². The molecule has 0 N–H and O–H groups in total. The number of hydrogen-bond donors (Lipinski definition) is 0. The van der Waals surface area contributed by atoms with Gasteiger partial charge in [0.2, 0.25) is 10.0 Å². The van der Waals surface area contributed by atoms with E-state index in [1.54, 1.807) is 15.2 Å². The van der Waals surface area contributed by atoms with E-state index in [4.69, 9.17) is 0 Å². The van der Waals surface area contributed by atoms with Gasteiger partial charge in [-0.2, -0.15) is 9.40 Å². The monoisotopic (exact) mass is 384 g/mol. The first-order valence-electron chi connectivity index (χ1n) is 8.70. The molecule has 0 atom stereocenters. The summed E-state index contributed by atoms with van der Waals surface area (Å²) < 4.78 is 28.6. The maximum Gasteiger partial charge on any atom is 0.218 e. The Morgan fingerprint density at radius 3 is 2.37 bits per heavy atom. The van der Waals surface area contributed by atoms with Gasteiger partial charge in [0.1, 0.15) is 12.1 Å². The van der Waals surface area contributed by atoms with E-state index in [9.17, 15) is 8.42 Å². The van der Waals surface area contributed by atoms with Crippen LogP contribution in [-0.2, 0) is 15.8 Å². The maximum atomic E-state index is 12.7. The molecule has 0 aliphatic carbocycles. The molecule has 140 valence electrons. The summed E-state index contributed by atoms with van der Waals surface area (Å²) in [6.45, 7) is 2.06. The van der Waals surface area contributed by atoms with Crippen molar-refractivity contribution in [3.05, 3.63) is 66.7 Å². The van der Waals surface area contributed by atoms with Crippen LogP contribution in [0.15, 0.2) is 61.2 Å². The number of hydrogen-bond acceptors (Lipinski definition) is 6. The zero-order chi connectivity index (χ0) is 18.7.